The number of sulfonamides is 1. The lowest BCUT2D eigenvalue weighted by Crippen LogP contribution is -2.28. The van der Waals surface area contributed by atoms with Crippen molar-refractivity contribution in [3.8, 4) is 34.8 Å². The Morgan fingerprint density at radius 1 is 0.831 bits per heavy atom. The molecule has 1 unspecified atom stereocenters. The van der Waals surface area contributed by atoms with Crippen molar-refractivity contribution in [1.29, 1.82) is 5.26 Å². The molecule has 0 saturated carbocycles. The second kappa shape index (κ2) is 19.6. The molecule has 0 aliphatic carbocycles. The van der Waals surface area contributed by atoms with E-state index in [2.05, 4.69) is 10.0 Å². The van der Waals surface area contributed by atoms with Crippen molar-refractivity contribution in [1.82, 2.24) is 10.0 Å². The van der Waals surface area contributed by atoms with Gasteiger partial charge >= 0.3 is 7.60 Å². The molecule has 14 nitrogen and oxygen atoms in total. The average Bonchev–Trinajstić information content (AvgIpc) is 3.67. The number of halogens is 1. The summed E-state index contributed by atoms with van der Waals surface area (Å²) in [5.74, 6) is -0.556. The number of para-hydroxylation sites is 1. The molecule has 0 aliphatic rings. The summed E-state index contributed by atoms with van der Waals surface area (Å²) in [6, 6.07) is 33.3. The van der Waals surface area contributed by atoms with Crippen molar-refractivity contribution in [2.24, 2.45) is 5.73 Å². The topological polar surface area (TPSA) is 209 Å². The molecule has 0 saturated heterocycles. The summed E-state index contributed by atoms with van der Waals surface area (Å²) in [5, 5.41) is 12.2. The van der Waals surface area contributed by atoms with Crippen LogP contribution >= 0.6 is 18.9 Å². The van der Waals surface area contributed by atoms with Crippen LogP contribution in [-0.4, -0.2) is 51.8 Å². The van der Waals surface area contributed by atoms with Gasteiger partial charge in [-0.05, 0) is 52.9 Å². The Kier molecular flexibility index (Phi) is 14.2. The first-order valence-electron chi connectivity index (χ1n) is 17.9. The predicted molar refractivity (Wildman–Crippen MR) is 219 cm³/mol. The van der Waals surface area contributed by atoms with Crippen molar-refractivity contribution in [3.63, 3.8) is 0 Å². The molecule has 5 N–H and O–H groups in total. The number of hydrogen-bond donors (Lipinski definition) is 4. The minimum absolute atomic E-state index is 0.00630. The average molecular weight is 861 g/mol. The zero-order valence-corrected chi connectivity index (χ0v) is 33.7. The number of ether oxygens (including phenoxy) is 4. The number of carbonyl (C=O) groups excluding carboxylic acids is 1. The molecular formula is C41H38FN4O10PS2. The molecule has 6 rings (SSSR count). The summed E-state index contributed by atoms with van der Waals surface area (Å²) in [6.07, 6.45) is -1.03. The highest BCUT2D eigenvalue weighted by molar-refractivity contribution is 7.92. The number of nitrogens with zero attached hydrogens (tertiary/aromatic N) is 1. The molecule has 18 heteroatoms. The molecule has 1 atom stereocenters. The van der Waals surface area contributed by atoms with Crippen LogP contribution in [0.2, 0.25) is 0 Å². The molecule has 0 radical (unpaired) electrons. The van der Waals surface area contributed by atoms with Crippen LogP contribution in [0.3, 0.4) is 0 Å². The normalized spacial score (nSPS) is 12.2. The fourth-order valence-corrected chi connectivity index (χ4v) is 9.42. The summed E-state index contributed by atoms with van der Waals surface area (Å²) in [6.45, 7) is 0.824. The van der Waals surface area contributed by atoms with Gasteiger partial charge in [-0.3, -0.25) is 4.79 Å². The Hall–Kier alpha value is -5.99. The van der Waals surface area contributed by atoms with Gasteiger partial charge in [-0.2, -0.15) is 9.98 Å². The molecular weight excluding hydrogens is 823 g/mol. The molecule has 0 aliphatic heterocycles. The van der Waals surface area contributed by atoms with Crippen molar-refractivity contribution < 1.29 is 50.5 Å². The zero-order chi connectivity index (χ0) is 41.8. The van der Waals surface area contributed by atoms with Crippen LogP contribution in [-0.2, 0) is 27.8 Å². The van der Waals surface area contributed by atoms with Crippen molar-refractivity contribution in [2.75, 3.05) is 32.6 Å². The van der Waals surface area contributed by atoms with E-state index in [-0.39, 0.29) is 77.9 Å². The molecule has 0 fully saturated rings. The third kappa shape index (κ3) is 11.6. The third-order valence-corrected chi connectivity index (χ3v) is 12.5. The Bertz CT molecular complexity index is 2610. The number of nitrogens with two attached hydrogens (primary N) is 1. The van der Waals surface area contributed by atoms with Gasteiger partial charge < -0.3 is 39.4 Å². The lowest BCUT2D eigenvalue weighted by Gasteiger charge is -2.17. The van der Waals surface area contributed by atoms with Gasteiger partial charge in [0.1, 0.15) is 54.6 Å². The maximum absolute atomic E-state index is 14.0. The first kappa shape index (κ1) is 42.6. The van der Waals surface area contributed by atoms with Gasteiger partial charge in [-0.15, -0.1) is 11.3 Å². The maximum atomic E-state index is 14.0. The monoisotopic (exact) mass is 860 g/mol. The van der Waals surface area contributed by atoms with Crippen molar-refractivity contribution in [2.45, 2.75) is 17.4 Å². The maximum Gasteiger partial charge on any atom is 0.391 e. The highest BCUT2D eigenvalue weighted by Crippen LogP contribution is 2.43. The molecule has 1 amide bonds. The standard InChI is InChI=1S/C41H38FN4O10PS2/c42-34-22-32(15-14-30(34)24-44)56-57(48,49)27-46-59(50,51)39-21-31-20-36(52-18-16-43)37(23-38(31)58-39)53-19-17-45-41(47)33-12-7-13-35(54-25-28-8-3-1-4-9-28)40(33)55-26-29-10-5-2-6-11-29/h1-15,20-23,46H,16-19,25-27,43H2,(H,45,47)(H,48,49). The fourth-order valence-electron chi connectivity index (χ4n) is 5.47. The number of benzene rings is 5. The summed E-state index contributed by atoms with van der Waals surface area (Å²) in [5.41, 5.74) is 7.48. The van der Waals surface area contributed by atoms with Crippen LogP contribution in [0.1, 0.15) is 27.0 Å². The van der Waals surface area contributed by atoms with Gasteiger partial charge in [0, 0.05) is 23.4 Å². The van der Waals surface area contributed by atoms with Gasteiger partial charge in [-0.25, -0.2) is 17.4 Å². The number of carbonyl (C=O) groups is 1. The number of fused-ring (bicyclic) bond motifs is 1. The Labute approximate surface area is 343 Å². The van der Waals surface area contributed by atoms with Crippen molar-refractivity contribution in [3.05, 3.63) is 143 Å². The van der Waals surface area contributed by atoms with Gasteiger partial charge in [0.2, 0.25) is 0 Å². The quantitative estimate of drug-likeness (QED) is 0.0466. The van der Waals surface area contributed by atoms with Crippen LogP contribution in [0.4, 0.5) is 4.39 Å². The van der Waals surface area contributed by atoms with Crippen molar-refractivity contribution >= 4 is 44.9 Å². The second-order valence-electron chi connectivity index (χ2n) is 12.6. The SMILES string of the molecule is N#Cc1ccc(OP(=O)(O)CNS(=O)(=O)c2cc3cc(OCCN)c(OCCNC(=O)c4cccc(OCc5ccccc5)c4OCc4ccccc4)cc3s2)cc1F. The van der Waals surface area contributed by atoms with E-state index in [1.54, 1.807) is 36.4 Å². The fraction of sp³-hybridized carbons (Fsp3) is 0.171. The number of nitriles is 1. The van der Waals surface area contributed by atoms with Gasteiger partial charge in [0.25, 0.3) is 15.9 Å². The van der Waals surface area contributed by atoms with E-state index in [1.807, 2.05) is 60.7 Å². The predicted octanol–water partition coefficient (Wildman–Crippen LogP) is 6.72. The number of rotatable bonds is 20. The third-order valence-electron chi connectivity index (χ3n) is 8.30. The van der Waals surface area contributed by atoms with Crippen LogP contribution < -0.4 is 39.2 Å². The Morgan fingerprint density at radius 3 is 2.19 bits per heavy atom. The minimum Gasteiger partial charge on any atom is -0.488 e. The van der Waals surface area contributed by atoms with Crippen LogP contribution in [0.5, 0.6) is 28.7 Å². The van der Waals surface area contributed by atoms with E-state index >= 15 is 0 Å². The molecule has 6 aromatic rings. The first-order valence-corrected chi connectivity index (χ1v) is 22.0. The van der Waals surface area contributed by atoms with E-state index in [4.69, 9.17) is 34.5 Å². The summed E-state index contributed by atoms with van der Waals surface area (Å²) in [4.78, 5) is 23.9. The summed E-state index contributed by atoms with van der Waals surface area (Å²) < 4.78 is 84.5. The van der Waals surface area contributed by atoms with Crippen LogP contribution in [0.15, 0.2) is 119 Å². The summed E-state index contributed by atoms with van der Waals surface area (Å²) in [7, 11) is -8.99. The zero-order valence-electron chi connectivity index (χ0n) is 31.2. The molecule has 1 heterocycles. The second-order valence-corrected chi connectivity index (χ2v) is 17.5. The lowest BCUT2D eigenvalue weighted by molar-refractivity contribution is 0.0941. The molecule has 0 bridgehead atoms. The Morgan fingerprint density at radius 2 is 1.51 bits per heavy atom. The van der Waals surface area contributed by atoms with E-state index in [9.17, 15) is 27.1 Å². The van der Waals surface area contributed by atoms with E-state index in [0.717, 1.165) is 40.7 Å². The number of amides is 1. The van der Waals surface area contributed by atoms with Gasteiger partial charge in [-0.1, -0.05) is 66.7 Å². The highest BCUT2D eigenvalue weighted by Gasteiger charge is 2.27. The van der Waals surface area contributed by atoms with Gasteiger partial charge in [0.05, 0.1) is 17.7 Å². The van der Waals surface area contributed by atoms with E-state index in [0.29, 0.717) is 15.8 Å². The van der Waals surface area contributed by atoms with E-state index in [1.165, 1.54) is 6.07 Å². The van der Waals surface area contributed by atoms with E-state index < -0.39 is 35.6 Å². The molecule has 0 spiro atoms. The molecule has 59 heavy (non-hydrogen) atoms. The first-order chi connectivity index (χ1) is 28.4. The number of hydrogen-bond acceptors (Lipinski definition) is 12. The molecule has 1 aromatic heterocycles. The number of thiophene rings is 1. The van der Waals surface area contributed by atoms with Crippen LogP contribution in [0.25, 0.3) is 10.1 Å². The number of nitrogens with one attached hydrogen (secondary N) is 2. The minimum atomic E-state index is -4.65. The smallest absolute Gasteiger partial charge is 0.391 e. The summed E-state index contributed by atoms with van der Waals surface area (Å²) >= 11 is 0.863. The van der Waals surface area contributed by atoms with Gasteiger partial charge in [0.15, 0.2) is 23.0 Å². The van der Waals surface area contributed by atoms with Crippen LogP contribution in [0, 0.1) is 17.1 Å². The highest BCUT2D eigenvalue weighted by atomic mass is 32.2. The molecule has 5 aromatic carbocycles. The Balaban J connectivity index is 1.12. The lowest BCUT2D eigenvalue weighted by atomic mass is 10.1. The molecule has 306 valence electrons. The largest absolute Gasteiger partial charge is 0.488 e.